The summed E-state index contributed by atoms with van der Waals surface area (Å²) in [5, 5.41) is 0. The zero-order valence-electron chi connectivity index (χ0n) is 7.60. The number of Topliss-reactive ketones (excluding diaryl/α,β-unsaturated/α-hetero) is 1. The topological polar surface area (TPSA) is 60.4 Å². The van der Waals surface area contributed by atoms with Crippen LogP contribution in [0.4, 0.5) is 0 Å². The molecule has 0 aromatic heterocycles. The Morgan fingerprint density at radius 3 is 2.40 bits per heavy atom. The second-order valence-electron chi connectivity index (χ2n) is 2.96. The van der Waals surface area contributed by atoms with Crippen LogP contribution in [0.3, 0.4) is 0 Å². The number of rotatable bonds is 2. The second kappa shape index (κ2) is 3.49. The summed E-state index contributed by atoms with van der Waals surface area (Å²) < 4.78 is 4.43. The van der Waals surface area contributed by atoms with Crippen LogP contribution in [0, 0.1) is 0 Å². The Labute approximate surface area is 85.2 Å². The highest BCUT2D eigenvalue weighted by atomic mass is 16.5. The van der Waals surface area contributed by atoms with E-state index in [0.29, 0.717) is 5.56 Å². The lowest BCUT2D eigenvalue weighted by atomic mass is 9.94. The Morgan fingerprint density at radius 1 is 1.07 bits per heavy atom. The monoisotopic (exact) mass is 202 g/mol. The van der Waals surface area contributed by atoms with Crippen molar-refractivity contribution in [3.8, 4) is 0 Å². The van der Waals surface area contributed by atoms with E-state index < -0.39 is 5.78 Å². The largest absolute Gasteiger partial charge is 0.424 e. The predicted molar refractivity (Wildman–Crippen MR) is 50.3 cm³/mol. The number of ether oxygens (including phenoxy) is 1. The van der Waals surface area contributed by atoms with Crippen LogP contribution < -0.4 is 0 Å². The Morgan fingerprint density at radius 2 is 1.73 bits per heavy atom. The van der Waals surface area contributed by atoms with E-state index in [-0.39, 0.29) is 23.6 Å². The van der Waals surface area contributed by atoms with Gasteiger partial charge in [0.1, 0.15) is 0 Å². The summed E-state index contributed by atoms with van der Waals surface area (Å²) in [5.74, 6) is -1.01. The molecule has 0 atom stereocenters. The van der Waals surface area contributed by atoms with Gasteiger partial charge in [0.2, 0.25) is 5.78 Å². The zero-order valence-corrected chi connectivity index (χ0v) is 7.60. The first-order valence-corrected chi connectivity index (χ1v) is 4.24. The maximum atomic E-state index is 11.6. The highest BCUT2D eigenvalue weighted by molar-refractivity contribution is 6.23. The molecule has 0 N–H and O–H groups in total. The Balaban J connectivity index is 2.53. The number of allylic oxidation sites excluding steroid dienone is 2. The van der Waals surface area contributed by atoms with Gasteiger partial charge in [-0.3, -0.25) is 14.4 Å². The van der Waals surface area contributed by atoms with Crippen LogP contribution in [0.15, 0.2) is 36.1 Å². The van der Waals surface area contributed by atoms with E-state index in [0.717, 1.165) is 6.08 Å². The van der Waals surface area contributed by atoms with E-state index in [1.165, 1.54) is 6.07 Å². The van der Waals surface area contributed by atoms with Gasteiger partial charge in [-0.25, -0.2) is 0 Å². The van der Waals surface area contributed by atoms with Gasteiger partial charge >= 0.3 is 0 Å². The molecule has 15 heavy (non-hydrogen) atoms. The van der Waals surface area contributed by atoms with E-state index in [1.54, 1.807) is 18.2 Å². The lowest BCUT2D eigenvalue weighted by molar-refractivity contribution is -0.124. The highest BCUT2D eigenvalue weighted by Gasteiger charge is 2.26. The number of carbonyl (C=O) groups is 3. The fourth-order valence-electron chi connectivity index (χ4n) is 1.43. The number of carbonyl (C=O) groups excluding carboxylic acids is 3. The van der Waals surface area contributed by atoms with Crippen molar-refractivity contribution in [1.29, 1.82) is 0 Å². The molecular weight excluding hydrogens is 196 g/mol. The Hall–Kier alpha value is -2.23. The molecule has 0 saturated heterocycles. The van der Waals surface area contributed by atoms with Crippen molar-refractivity contribution in [2.75, 3.05) is 0 Å². The molecule has 1 aromatic rings. The smallest absolute Gasteiger partial charge is 0.298 e. The standard InChI is InChI=1S/C11H6O4/c12-6-15-10-5-9(13)7-3-1-2-4-8(7)11(10)14/h1-6H. The minimum absolute atomic E-state index is 0.130. The molecule has 0 amide bonds. The van der Waals surface area contributed by atoms with Gasteiger partial charge < -0.3 is 4.74 Å². The number of hydrogen-bond donors (Lipinski definition) is 0. The van der Waals surface area contributed by atoms with Gasteiger partial charge in [0.05, 0.1) is 0 Å². The predicted octanol–water partition coefficient (Wildman–Crippen LogP) is 1.12. The minimum Gasteiger partial charge on any atom is -0.424 e. The van der Waals surface area contributed by atoms with Crippen molar-refractivity contribution in [2.45, 2.75) is 0 Å². The lowest BCUT2D eigenvalue weighted by Gasteiger charge is -2.12. The molecule has 1 aromatic carbocycles. The van der Waals surface area contributed by atoms with E-state index in [2.05, 4.69) is 4.74 Å². The summed E-state index contributed by atoms with van der Waals surface area (Å²) in [4.78, 5) is 33.3. The van der Waals surface area contributed by atoms with Crippen molar-refractivity contribution in [3.63, 3.8) is 0 Å². The first-order chi connectivity index (χ1) is 7.24. The molecule has 0 unspecified atom stereocenters. The summed E-state index contributed by atoms with van der Waals surface area (Å²) in [6.07, 6.45) is 1.03. The molecule has 0 radical (unpaired) electrons. The van der Waals surface area contributed by atoms with Crippen LogP contribution in [0.5, 0.6) is 0 Å². The minimum atomic E-state index is -0.447. The van der Waals surface area contributed by atoms with Crippen LogP contribution in [-0.2, 0) is 9.53 Å². The molecule has 0 spiro atoms. The lowest BCUT2D eigenvalue weighted by Crippen LogP contribution is -2.18. The average Bonchev–Trinajstić information content (AvgIpc) is 2.26. The molecule has 0 bridgehead atoms. The molecule has 1 aliphatic rings. The quantitative estimate of drug-likeness (QED) is 0.674. The molecular formula is C11H6O4. The summed E-state index contributed by atoms with van der Waals surface area (Å²) in [6, 6.07) is 6.40. The van der Waals surface area contributed by atoms with Gasteiger partial charge in [-0.2, -0.15) is 0 Å². The second-order valence-corrected chi connectivity index (χ2v) is 2.96. The van der Waals surface area contributed by atoms with Gasteiger partial charge in [-0.15, -0.1) is 0 Å². The number of benzene rings is 1. The molecule has 0 saturated carbocycles. The fourth-order valence-corrected chi connectivity index (χ4v) is 1.43. The van der Waals surface area contributed by atoms with Gasteiger partial charge in [0.25, 0.3) is 6.47 Å². The number of ketones is 2. The van der Waals surface area contributed by atoms with E-state index in [4.69, 9.17) is 0 Å². The van der Waals surface area contributed by atoms with Crippen LogP contribution in [0.2, 0.25) is 0 Å². The van der Waals surface area contributed by atoms with Crippen LogP contribution in [0.25, 0.3) is 0 Å². The number of fused-ring (bicyclic) bond motifs is 1. The molecule has 2 rings (SSSR count). The summed E-state index contributed by atoms with van der Waals surface area (Å²) in [6.45, 7) is 0.130. The third kappa shape index (κ3) is 1.46. The van der Waals surface area contributed by atoms with E-state index >= 15 is 0 Å². The van der Waals surface area contributed by atoms with Gasteiger partial charge in [-0.05, 0) is 0 Å². The Bertz CT molecular complexity index is 485. The van der Waals surface area contributed by atoms with E-state index in [9.17, 15) is 14.4 Å². The van der Waals surface area contributed by atoms with Crippen molar-refractivity contribution >= 4 is 18.0 Å². The van der Waals surface area contributed by atoms with Crippen LogP contribution in [0.1, 0.15) is 20.7 Å². The third-order valence-electron chi connectivity index (χ3n) is 2.10. The molecule has 0 aliphatic heterocycles. The maximum absolute atomic E-state index is 11.6. The SMILES string of the molecule is O=COC1=CC(=O)c2ccccc2C1=O. The van der Waals surface area contributed by atoms with Gasteiger partial charge in [0, 0.05) is 17.2 Å². The Kier molecular flexibility index (Phi) is 2.17. The van der Waals surface area contributed by atoms with Gasteiger partial charge in [0.15, 0.2) is 11.5 Å². The molecule has 74 valence electrons. The first kappa shape index (κ1) is 9.33. The first-order valence-electron chi connectivity index (χ1n) is 4.24. The molecule has 0 heterocycles. The van der Waals surface area contributed by atoms with E-state index in [1.807, 2.05) is 0 Å². The summed E-state index contributed by atoms with van der Waals surface area (Å²) in [7, 11) is 0. The average molecular weight is 202 g/mol. The van der Waals surface area contributed by atoms with Crippen LogP contribution >= 0.6 is 0 Å². The highest BCUT2D eigenvalue weighted by Crippen LogP contribution is 2.20. The summed E-state index contributed by atoms with van der Waals surface area (Å²) >= 11 is 0. The molecule has 1 aliphatic carbocycles. The van der Waals surface area contributed by atoms with Crippen molar-refractivity contribution in [1.82, 2.24) is 0 Å². The normalized spacial score (nSPS) is 14.3. The number of hydrogen-bond acceptors (Lipinski definition) is 4. The summed E-state index contributed by atoms with van der Waals surface area (Å²) in [5.41, 5.74) is 0.600. The van der Waals surface area contributed by atoms with Gasteiger partial charge in [-0.1, -0.05) is 24.3 Å². The molecule has 0 fully saturated rings. The van der Waals surface area contributed by atoms with Crippen molar-refractivity contribution in [2.24, 2.45) is 0 Å². The van der Waals surface area contributed by atoms with Crippen molar-refractivity contribution < 1.29 is 19.1 Å². The maximum Gasteiger partial charge on any atom is 0.298 e. The third-order valence-corrected chi connectivity index (χ3v) is 2.10. The van der Waals surface area contributed by atoms with Crippen molar-refractivity contribution in [3.05, 3.63) is 47.2 Å². The van der Waals surface area contributed by atoms with Crippen LogP contribution in [-0.4, -0.2) is 18.0 Å². The fraction of sp³-hybridized carbons (Fsp3) is 0. The molecule has 4 heteroatoms. The zero-order chi connectivity index (χ0) is 10.8. The molecule has 4 nitrogen and oxygen atoms in total.